The van der Waals surface area contributed by atoms with E-state index in [0.29, 0.717) is 0 Å². The Hall–Kier alpha value is -1.41. The summed E-state index contributed by atoms with van der Waals surface area (Å²) in [6, 6.07) is 10.5. The van der Waals surface area contributed by atoms with Crippen molar-refractivity contribution in [1.29, 1.82) is 0 Å². The molecule has 2 N–H and O–H groups in total. The number of hydrogen-bond donors (Lipinski definition) is 1. The van der Waals surface area contributed by atoms with Gasteiger partial charge in [0.15, 0.2) is 0 Å². The van der Waals surface area contributed by atoms with Crippen LogP contribution in [-0.4, -0.2) is 10.5 Å². The van der Waals surface area contributed by atoms with Gasteiger partial charge < -0.3 is 5.73 Å². The van der Waals surface area contributed by atoms with Crippen LogP contribution in [0.15, 0.2) is 36.5 Å². The molecule has 0 saturated heterocycles. The van der Waals surface area contributed by atoms with Crippen LogP contribution in [0.3, 0.4) is 0 Å². The molecule has 1 heterocycles. The average molecular weight is 254 g/mol. The van der Waals surface area contributed by atoms with E-state index in [-0.39, 0.29) is 5.54 Å². The highest BCUT2D eigenvalue weighted by Crippen LogP contribution is 2.30. The largest absolute Gasteiger partial charge is 0.325 e. The fraction of sp³-hybridized carbons (Fsp3) is 0.471. The first-order chi connectivity index (χ1) is 9.27. The third-order valence-electron chi connectivity index (χ3n) is 4.38. The predicted octanol–water partition coefficient (Wildman–Crippen LogP) is 3.83. The van der Waals surface area contributed by atoms with E-state index in [2.05, 4.69) is 29.2 Å². The van der Waals surface area contributed by atoms with Gasteiger partial charge in [0.25, 0.3) is 0 Å². The number of benzene rings is 1. The number of nitrogens with zero attached hydrogens (tertiary/aromatic N) is 1. The van der Waals surface area contributed by atoms with Gasteiger partial charge in [-0.25, -0.2) is 0 Å². The summed E-state index contributed by atoms with van der Waals surface area (Å²) in [6.45, 7) is 0. The van der Waals surface area contributed by atoms with E-state index < -0.39 is 0 Å². The quantitative estimate of drug-likeness (QED) is 0.827. The molecule has 0 unspecified atom stereocenters. The van der Waals surface area contributed by atoms with Gasteiger partial charge in [-0.15, -0.1) is 0 Å². The minimum Gasteiger partial charge on any atom is -0.325 e. The summed E-state index contributed by atoms with van der Waals surface area (Å²) in [5.41, 5.74) is 9.09. The standard InChI is InChI=1S/C17H22N2/c18-17(10-5-1-2-6-11-17)13-14-9-12-19-16-8-4-3-7-15(14)16/h3-4,7-9,12H,1-2,5-6,10-11,13,18H2. The Labute approximate surface area is 115 Å². The Kier molecular flexibility index (Phi) is 3.52. The minimum absolute atomic E-state index is 0.0133. The molecule has 0 spiro atoms. The van der Waals surface area contributed by atoms with E-state index in [9.17, 15) is 0 Å². The number of fused-ring (bicyclic) bond motifs is 1. The Balaban J connectivity index is 1.92. The van der Waals surface area contributed by atoms with Crippen molar-refractivity contribution in [3.63, 3.8) is 0 Å². The van der Waals surface area contributed by atoms with E-state index >= 15 is 0 Å². The lowest BCUT2D eigenvalue weighted by atomic mass is 9.84. The zero-order valence-electron chi connectivity index (χ0n) is 11.4. The average Bonchev–Trinajstić information content (AvgIpc) is 2.64. The van der Waals surface area contributed by atoms with Gasteiger partial charge in [-0.3, -0.25) is 4.98 Å². The maximum absolute atomic E-state index is 6.66. The Morgan fingerprint density at radius 2 is 1.74 bits per heavy atom. The van der Waals surface area contributed by atoms with Crippen LogP contribution in [-0.2, 0) is 6.42 Å². The Morgan fingerprint density at radius 1 is 1.00 bits per heavy atom. The minimum atomic E-state index is -0.0133. The molecule has 0 atom stereocenters. The van der Waals surface area contributed by atoms with Crippen LogP contribution in [0.4, 0.5) is 0 Å². The highest BCUT2D eigenvalue weighted by Gasteiger charge is 2.26. The summed E-state index contributed by atoms with van der Waals surface area (Å²) in [5, 5.41) is 1.26. The summed E-state index contributed by atoms with van der Waals surface area (Å²) in [7, 11) is 0. The van der Waals surface area contributed by atoms with Crippen LogP contribution in [0.2, 0.25) is 0 Å². The lowest BCUT2D eigenvalue weighted by Crippen LogP contribution is -2.41. The first-order valence-corrected chi connectivity index (χ1v) is 7.38. The lowest BCUT2D eigenvalue weighted by molar-refractivity contribution is 0.370. The molecule has 1 aromatic heterocycles. The van der Waals surface area contributed by atoms with E-state index in [1.54, 1.807) is 0 Å². The third kappa shape index (κ3) is 2.79. The number of rotatable bonds is 2. The van der Waals surface area contributed by atoms with Crippen molar-refractivity contribution in [3.8, 4) is 0 Å². The summed E-state index contributed by atoms with van der Waals surface area (Å²) in [5.74, 6) is 0. The Morgan fingerprint density at radius 3 is 2.53 bits per heavy atom. The van der Waals surface area contributed by atoms with Gasteiger partial charge in [-0.1, -0.05) is 43.9 Å². The highest BCUT2D eigenvalue weighted by molar-refractivity contribution is 5.81. The summed E-state index contributed by atoms with van der Waals surface area (Å²) >= 11 is 0. The van der Waals surface area contributed by atoms with Gasteiger partial charge in [0, 0.05) is 17.1 Å². The molecule has 1 aromatic carbocycles. The molecular weight excluding hydrogens is 232 g/mol. The van der Waals surface area contributed by atoms with Gasteiger partial charge in [0.05, 0.1) is 5.52 Å². The molecule has 2 aromatic rings. The zero-order chi connectivity index (χ0) is 13.1. The van der Waals surface area contributed by atoms with Gasteiger partial charge in [0.2, 0.25) is 0 Å². The smallest absolute Gasteiger partial charge is 0.0704 e. The topological polar surface area (TPSA) is 38.9 Å². The van der Waals surface area contributed by atoms with Crippen LogP contribution in [0, 0.1) is 0 Å². The van der Waals surface area contributed by atoms with Crippen molar-refractivity contribution in [2.45, 2.75) is 50.5 Å². The molecule has 2 nitrogen and oxygen atoms in total. The van der Waals surface area contributed by atoms with Crippen molar-refractivity contribution in [2.24, 2.45) is 5.73 Å². The van der Waals surface area contributed by atoms with Crippen molar-refractivity contribution in [2.75, 3.05) is 0 Å². The van der Waals surface area contributed by atoms with E-state index in [0.717, 1.165) is 24.8 Å². The summed E-state index contributed by atoms with van der Waals surface area (Å²) in [6.07, 6.45) is 10.5. The van der Waals surface area contributed by atoms with Crippen LogP contribution < -0.4 is 5.73 Å². The summed E-state index contributed by atoms with van der Waals surface area (Å²) < 4.78 is 0. The molecule has 1 fully saturated rings. The van der Waals surface area contributed by atoms with E-state index in [4.69, 9.17) is 5.73 Å². The van der Waals surface area contributed by atoms with Gasteiger partial charge in [-0.2, -0.15) is 0 Å². The summed E-state index contributed by atoms with van der Waals surface area (Å²) in [4.78, 5) is 4.44. The van der Waals surface area contributed by atoms with Crippen molar-refractivity contribution >= 4 is 10.9 Å². The van der Waals surface area contributed by atoms with Crippen LogP contribution in [0.5, 0.6) is 0 Å². The molecule has 0 bridgehead atoms. The van der Waals surface area contributed by atoms with Crippen LogP contribution in [0.1, 0.15) is 44.1 Å². The van der Waals surface area contributed by atoms with Crippen molar-refractivity contribution in [1.82, 2.24) is 4.98 Å². The molecular formula is C17H22N2. The second-order valence-corrected chi connectivity index (χ2v) is 5.94. The SMILES string of the molecule is NC1(Cc2ccnc3ccccc23)CCCCCC1. The highest BCUT2D eigenvalue weighted by atomic mass is 14.7. The third-order valence-corrected chi connectivity index (χ3v) is 4.38. The first-order valence-electron chi connectivity index (χ1n) is 7.38. The van der Waals surface area contributed by atoms with Crippen molar-refractivity contribution in [3.05, 3.63) is 42.1 Å². The molecule has 0 amide bonds. The molecule has 0 radical (unpaired) electrons. The maximum Gasteiger partial charge on any atom is 0.0704 e. The second kappa shape index (κ2) is 5.30. The maximum atomic E-state index is 6.66. The molecule has 3 rings (SSSR count). The van der Waals surface area contributed by atoms with Crippen LogP contribution in [0.25, 0.3) is 10.9 Å². The Bertz CT molecular complexity index is 549. The van der Waals surface area contributed by atoms with E-state index in [1.807, 2.05) is 12.3 Å². The lowest BCUT2D eigenvalue weighted by Gasteiger charge is -2.28. The molecule has 0 aliphatic heterocycles. The first kappa shape index (κ1) is 12.6. The number of para-hydroxylation sites is 1. The van der Waals surface area contributed by atoms with Gasteiger partial charge >= 0.3 is 0 Å². The molecule has 1 aliphatic carbocycles. The van der Waals surface area contributed by atoms with Gasteiger partial charge in [0.1, 0.15) is 0 Å². The fourth-order valence-corrected chi connectivity index (χ4v) is 3.30. The molecule has 1 aliphatic rings. The predicted molar refractivity (Wildman–Crippen MR) is 80.1 cm³/mol. The molecule has 19 heavy (non-hydrogen) atoms. The number of aromatic nitrogens is 1. The molecule has 100 valence electrons. The fourth-order valence-electron chi connectivity index (χ4n) is 3.30. The van der Waals surface area contributed by atoms with Gasteiger partial charge in [-0.05, 0) is 37.0 Å². The number of nitrogens with two attached hydrogens (primary N) is 1. The zero-order valence-corrected chi connectivity index (χ0v) is 11.4. The van der Waals surface area contributed by atoms with Crippen molar-refractivity contribution < 1.29 is 0 Å². The normalized spacial score (nSPS) is 19.2. The number of hydrogen-bond acceptors (Lipinski definition) is 2. The van der Waals surface area contributed by atoms with E-state index in [1.165, 1.54) is 36.6 Å². The molecule has 1 saturated carbocycles. The monoisotopic (exact) mass is 254 g/mol. The molecule has 2 heteroatoms. The number of pyridine rings is 1. The second-order valence-electron chi connectivity index (χ2n) is 5.94. The van der Waals surface area contributed by atoms with Crippen LogP contribution >= 0.6 is 0 Å².